The predicted molar refractivity (Wildman–Crippen MR) is 142 cm³/mol. The quantitative estimate of drug-likeness (QED) is 0.433. The summed E-state index contributed by atoms with van der Waals surface area (Å²) in [5.74, 6) is -0.618. The number of allylic oxidation sites excluding steroid dienone is 1. The Balaban J connectivity index is 2.07. The van der Waals surface area contributed by atoms with Crippen molar-refractivity contribution in [2.24, 2.45) is 11.7 Å². The number of nitrogens with two attached hydrogens (primary N) is 1. The van der Waals surface area contributed by atoms with Gasteiger partial charge in [-0.25, -0.2) is 9.37 Å². The number of rotatable bonds is 10. The molecule has 3 rings (SSSR count). The molecule has 1 aliphatic heterocycles. The molecule has 36 heavy (non-hydrogen) atoms. The van der Waals surface area contributed by atoms with Gasteiger partial charge in [0.15, 0.2) is 5.82 Å². The van der Waals surface area contributed by atoms with Crippen molar-refractivity contribution in [3.8, 4) is 5.75 Å². The first-order valence-electron chi connectivity index (χ1n) is 12.3. The first-order chi connectivity index (χ1) is 17.1. The van der Waals surface area contributed by atoms with Crippen LogP contribution in [-0.4, -0.2) is 41.3 Å². The van der Waals surface area contributed by atoms with Crippen molar-refractivity contribution < 1.29 is 18.7 Å². The van der Waals surface area contributed by atoms with Gasteiger partial charge in [-0.05, 0) is 52.5 Å². The fraction of sp³-hybridized carbons (Fsp3) is 0.481. The molecule has 1 amide bonds. The average molecular weight is 519 g/mol. The van der Waals surface area contributed by atoms with E-state index in [1.54, 1.807) is 0 Å². The Morgan fingerprint density at radius 1 is 1.47 bits per heavy atom. The largest absolute Gasteiger partial charge is 0.490 e. The molecule has 0 bridgehead atoms. The zero-order valence-electron chi connectivity index (χ0n) is 21.7. The Bertz CT molecular complexity index is 1150. The normalized spacial score (nSPS) is 16.6. The first-order valence-corrected chi connectivity index (χ1v) is 12.6. The second kappa shape index (κ2) is 11.9. The maximum absolute atomic E-state index is 15.4. The van der Waals surface area contributed by atoms with Crippen LogP contribution in [0, 0.1) is 18.7 Å². The predicted octanol–water partition coefficient (Wildman–Crippen LogP) is 5.50. The number of nitrogens with zero attached hydrogens (tertiary/aromatic N) is 2. The number of aromatic nitrogens is 2. The third-order valence-corrected chi connectivity index (χ3v) is 6.49. The lowest BCUT2D eigenvalue weighted by Gasteiger charge is -2.23. The van der Waals surface area contributed by atoms with Gasteiger partial charge in [0.05, 0.1) is 28.2 Å². The molecule has 2 unspecified atom stereocenters. The van der Waals surface area contributed by atoms with E-state index in [4.69, 9.17) is 31.8 Å². The first kappa shape index (κ1) is 27.7. The summed E-state index contributed by atoms with van der Waals surface area (Å²) in [5, 5.41) is 2.68. The summed E-state index contributed by atoms with van der Waals surface area (Å²) >= 11 is 6.33. The number of imidazole rings is 1. The summed E-state index contributed by atoms with van der Waals surface area (Å²) in [6, 6.07) is 1.51. The second-order valence-electron chi connectivity index (χ2n) is 9.41. The third-order valence-electron chi connectivity index (χ3n) is 6.21. The van der Waals surface area contributed by atoms with Crippen LogP contribution in [0.3, 0.4) is 0 Å². The molecular weight excluding hydrogens is 483 g/mol. The summed E-state index contributed by atoms with van der Waals surface area (Å²) in [4.78, 5) is 18.0. The summed E-state index contributed by atoms with van der Waals surface area (Å²) in [5.41, 5.74) is 8.16. The van der Waals surface area contributed by atoms with Crippen LogP contribution in [0.4, 0.5) is 4.39 Å². The molecule has 0 spiro atoms. The van der Waals surface area contributed by atoms with E-state index in [0.29, 0.717) is 47.5 Å². The maximum Gasteiger partial charge on any atom is 0.258 e. The van der Waals surface area contributed by atoms with Crippen LogP contribution in [0.5, 0.6) is 5.75 Å². The van der Waals surface area contributed by atoms with Crippen LogP contribution in [0.2, 0.25) is 5.02 Å². The topological polar surface area (TPSA) is 91.4 Å². The minimum absolute atomic E-state index is 0.155. The van der Waals surface area contributed by atoms with Crippen LogP contribution >= 0.6 is 11.6 Å². The van der Waals surface area contributed by atoms with E-state index in [-0.39, 0.29) is 22.4 Å². The van der Waals surface area contributed by atoms with Gasteiger partial charge in [-0.15, -0.1) is 0 Å². The fourth-order valence-corrected chi connectivity index (χ4v) is 4.72. The zero-order chi connectivity index (χ0) is 26.6. The molecule has 2 aromatic rings. The molecule has 2 atom stereocenters. The van der Waals surface area contributed by atoms with Gasteiger partial charge in [-0.1, -0.05) is 31.2 Å². The Morgan fingerprint density at radius 2 is 2.19 bits per heavy atom. The highest BCUT2D eigenvalue weighted by Gasteiger charge is 2.30. The number of nitrogens with one attached hydrogen (secondary N) is 1. The van der Waals surface area contributed by atoms with Gasteiger partial charge in [-0.3, -0.25) is 4.79 Å². The van der Waals surface area contributed by atoms with E-state index < -0.39 is 17.6 Å². The minimum Gasteiger partial charge on any atom is -0.490 e. The number of ether oxygens (including phenoxy) is 2. The molecule has 7 nitrogen and oxygen atoms in total. The monoisotopic (exact) mass is 518 g/mol. The minimum atomic E-state index is -0.811. The number of aryl methyl sites for hydroxylation is 1. The smallest absolute Gasteiger partial charge is 0.258 e. The van der Waals surface area contributed by atoms with Crippen LogP contribution in [0.1, 0.15) is 79.6 Å². The van der Waals surface area contributed by atoms with E-state index in [2.05, 4.69) is 11.9 Å². The molecule has 0 aliphatic carbocycles. The van der Waals surface area contributed by atoms with Crippen LogP contribution in [-0.2, 0) is 4.74 Å². The number of carbonyl (C=O) groups is 1. The number of halogens is 2. The molecular formula is C27H36ClFN4O3. The Labute approximate surface area is 217 Å². The summed E-state index contributed by atoms with van der Waals surface area (Å²) in [6.45, 7) is 15.0. The molecule has 1 aromatic carbocycles. The highest BCUT2D eigenvalue weighted by atomic mass is 35.5. The van der Waals surface area contributed by atoms with Gasteiger partial charge in [-0.2, -0.15) is 0 Å². The van der Waals surface area contributed by atoms with Gasteiger partial charge in [0.1, 0.15) is 17.1 Å². The Hall–Kier alpha value is -2.84. The van der Waals surface area contributed by atoms with Crippen molar-refractivity contribution in [3.63, 3.8) is 0 Å². The van der Waals surface area contributed by atoms with Crippen molar-refractivity contribution in [1.29, 1.82) is 0 Å². The molecule has 0 radical (unpaired) electrons. The van der Waals surface area contributed by atoms with Crippen molar-refractivity contribution in [2.45, 2.75) is 59.5 Å². The molecule has 9 heteroatoms. The number of hydrogen-bond donors (Lipinski definition) is 2. The van der Waals surface area contributed by atoms with Gasteiger partial charge in [0.2, 0.25) is 0 Å². The molecule has 0 saturated carbocycles. The maximum atomic E-state index is 15.4. The number of carbonyl (C=O) groups excluding carboxylic acids is 1. The molecule has 1 aliphatic rings. The number of hydrogen-bond acceptors (Lipinski definition) is 5. The summed E-state index contributed by atoms with van der Waals surface area (Å²) in [6.07, 6.45) is 5.11. The molecule has 196 valence electrons. The standard InChI is InChI=1S/C27H36ClFN4O3/c1-7-11-33-24(17(5)30)18(6)32-26(33)16(4)20-13-21(28)23(29)22(25(20)36-15(2)3)27(34)31-10-8-19-9-12-35-14-19/h7,11,13,15-16,19H,5,8-10,12,14,30H2,1-4,6H3,(H,31,34)/b11-7-. The lowest BCUT2D eigenvalue weighted by atomic mass is 9.95. The van der Waals surface area contributed by atoms with Crippen molar-refractivity contribution in [2.75, 3.05) is 19.8 Å². The van der Waals surface area contributed by atoms with Crippen molar-refractivity contribution >= 4 is 29.4 Å². The van der Waals surface area contributed by atoms with Gasteiger partial charge >= 0.3 is 0 Å². The Kier molecular flexibility index (Phi) is 9.19. The van der Waals surface area contributed by atoms with Crippen LogP contribution in [0.15, 0.2) is 18.7 Å². The van der Waals surface area contributed by atoms with Crippen molar-refractivity contribution in [3.05, 3.63) is 57.9 Å². The lowest BCUT2D eigenvalue weighted by Crippen LogP contribution is -2.28. The highest BCUT2D eigenvalue weighted by molar-refractivity contribution is 6.31. The molecule has 1 aromatic heterocycles. The molecule has 1 saturated heterocycles. The summed E-state index contributed by atoms with van der Waals surface area (Å²) in [7, 11) is 0. The van der Waals surface area contributed by atoms with E-state index >= 15 is 4.39 Å². The number of amides is 1. The SMILES string of the molecule is C=C(N)c1c(C)nc(C(C)c2cc(Cl)c(F)c(C(=O)NCCC3CCOC3)c2OC(C)C)n1/C=C\C. The fourth-order valence-electron chi connectivity index (χ4n) is 4.50. The molecule has 2 heterocycles. The van der Waals surface area contributed by atoms with E-state index in [9.17, 15) is 4.79 Å². The van der Waals surface area contributed by atoms with Gasteiger partial charge < -0.3 is 25.1 Å². The van der Waals surface area contributed by atoms with E-state index in [1.165, 1.54) is 6.07 Å². The molecule has 1 fully saturated rings. The highest BCUT2D eigenvalue weighted by Crippen LogP contribution is 2.40. The van der Waals surface area contributed by atoms with E-state index in [1.807, 2.05) is 51.5 Å². The average Bonchev–Trinajstić information content (AvgIpc) is 3.43. The lowest BCUT2D eigenvalue weighted by molar-refractivity contribution is 0.0939. The van der Waals surface area contributed by atoms with Gasteiger partial charge in [0.25, 0.3) is 5.91 Å². The van der Waals surface area contributed by atoms with Gasteiger partial charge in [0, 0.05) is 37.4 Å². The van der Waals surface area contributed by atoms with E-state index in [0.717, 1.165) is 19.4 Å². The molecule has 3 N–H and O–H groups in total. The second-order valence-corrected chi connectivity index (χ2v) is 9.82. The van der Waals surface area contributed by atoms with Crippen LogP contribution in [0.25, 0.3) is 11.9 Å². The van der Waals surface area contributed by atoms with Crippen LogP contribution < -0.4 is 15.8 Å². The number of benzene rings is 1. The Morgan fingerprint density at radius 3 is 2.78 bits per heavy atom. The summed E-state index contributed by atoms with van der Waals surface area (Å²) < 4.78 is 28.7. The zero-order valence-corrected chi connectivity index (χ0v) is 22.4. The van der Waals surface area contributed by atoms with Crippen molar-refractivity contribution in [1.82, 2.24) is 14.9 Å². The third kappa shape index (κ3) is 5.93.